The summed E-state index contributed by atoms with van der Waals surface area (Å²) in [6.07, 6.45) is 0.368. The predicted octanol–water partition coefficient (Wildman–Crippen LogP) is 2.50. The Labute approximate surface area is 148 Å². The molecule has 25 heavy (non-hydrogen) atoms. The van der Waals surface area contributed by atoms with Crippen molar-refractivity contribution in [2.45, 2.75) is 26.4 Å². The highest BCUT2D eigenvalue weighted by atomic mass is 16.5. The number of hydrogen-bond donors (Lipinski definition) is 1. The Kier molecular flexibility index (Phi) is 5.60. The van der Waals surface area contributed by atoms with Crippen molar-refractivity contribution in [3.8, 4) is 0 Å². The topological polar surface area (TPSA) is 67.4 Å². The number of nitrogens with one attached hydrogen (secondary N) is 1. The van der Waals surface area contributed by atoms with E-state index in [1.165, 1.54) is 0 Å². The summed E-state index contributed by atoms with van der Waals surface area (Å²) in [5.41, 5.74) is 2.95. The molecule has 1 fully saturated rings. The van der Waals surface area contributed by atoms with E-state index < -0.39 is 0 Å². The first-order chi connectivity index (χ1) is 12.1. The van der Waals surface area contributed by atoms with E-state index in [9.17, 15) is 4.79 Å². The highest BCUT2D eigenvalue weighted by Crippen LogP contribution is 2.22. The first kappa shape index (κ1) is 17.4. The van der Waals surface area contributed by atoms with Gasteiger partial charge in [0.15, 0.2) is 0 Å². The van der Waals surface area contributed by atoms with Gasteiger partial charge < -0.3 is 15.0 Å². The number of amides is 1. The summed E-state index contributed by atoms with van der Waals surface area (Å²) in [7, 11) is 0. The second-order valence-electron chi connectivity index (χ2n) is 6.26. The Morgan fingerprint density at radius 1 is 1.24 bits per heavy atom. The Morgan fingerprint density at radius 2 is 1.96 bits per heavy atom. The minimum absolute atomic E-state index is 0.0467. The first-order valence-corrected chi connectivity index (χ1v) is 8.62. The number of ether oxygens (including phenoxy) is 1. The van der Waals surface area contributed by atoms with Gasteiger partial charge in [0, 0.05) is 30.9 Å². The normalized spacial score (nSPS) is 17.4. The SMILES string of the molecule is Cc1cc(C)nc(NCCC(=O)N2CCOC(c3ccccc3)C2)n1. The van der Waals surface area contributed by atoms with E-state index in [-0.39, 0.29) is 12.0 Å². The summed E-state index contributed by atoms with van der Waals surface area (Å²) < 4.78 is 5.82. The number of nitrogens with zero attached hydrogens (tertiary/aromatic N) is 3. The first-order valence-electron chi connectivity index (χ1n) is 8.62. The maximum absolute atomic E-state index is 12.5. The summed E-state index contributed by atoms with van der Waals surface area (Å²) in [5, 5.41) is 3.14. The quantitative estimate of drug-likeness (QED) is 0.906. The summed E-state index contributed by atoms with van der Waals surface area (Å²) in [6.45, 7) is 6.20. The minimum Gasteiger partial charge on any atom is -0.370 e. The molecule has 2 heterocycles. The molecule has 2 aromatic rings. The molecule has 0 bridgehead atoms. The van der Waals surface area contributed by atoms with Crippen LogP contribution in [0.5, 0.6) is 0 Å². The van der Waals surface area contributed by atoms with Crippen LogP contribution in [0.25, 0.3) is 0 Å². The van der Waals surface area contributed by atoms with Gasteiger partial charge in [-0.1, -0.05) is 30.3 Å². The summed E-state index contributed by atoms with van der Waals surface area (Å²) in [6, 6.07) is 12.0. The van der Waals surface area contributed by atoms with Crippen molar-refractivity contribution >= 4 is 11.9 Å². The van der Waals surface area contributed by atoms with Crippen molar-refractivity contribution < 1.29 is 9.53 Å². The van der Waals surface area contributed by atoms with Crippen LogP contribution < -0.4 is 5.32 Å². The van der Waals surface area contributed by atoms with E-state index in [2.05, 4.69) is 15.3 Å². The van der Waals surface area contributed by atoms with Crippen molar-refractivity contribution in [2.24, 2.45) is 0 Å². The molecule has 1 amide bonds. The van der Waals surface area contributed by atoms with Crippen molar-refractivity contribution in [3.63, 3.8) is 0 Å². The van der Waals surface area contributed by atoms with Crippen LogP contribution in [0.15, 0.2) is 36.4 Å². The van der Waals surface area contributed by atoms with Gasteiger partial charge in [0.1, 0.15) is 6.10 Å². The number of morpholine rings is 1. The number of hydrogen-bond acceptors (Lipinski definition) is 5. The second kappa shape index (κ2) is 8.07. The number of rotatable bonds is 5. The maximum Gasteiger partial charge on any atom is 0.224 e. The summed E-state index contributed by atoms with van der Waals surface area (Å²) in [4.78, 5) is 23.0. The number of benzene rings is 1. The number of carbonyl (C=O) groups excluding carboxylic acids is 1. The highest BCUT2D eigenvalue weighted by Gasteiger charge is 2.24. The van der Waals surface area contributed by atoms with Crippen LogP contribution in [-0.4, -0.2) is 47.0 Å². The molecule has 1 unspecified atom stereocenters. The fourth-order valence-electron chi connectivity index (χ4n) is 2.99. The monoisotopic (exact) mass is 340 g/mol. The summed E-state index contributed by atoms with van der Waals surface area (Å²) in [5.74, 6) is 0.704. The molecule has 0 aliphatic carbocycles. The molecular formula is C19H24N4O2. The lowest BCUT2D eigenvalue weighted by atomic mass is 10.1. The van der Waals surface area contributed by atoms with Crippen LogP contribution >= 0.6 is 0 Å². The molecule has 1 aromatic carbocycles. The van der Waals surface area contributed by atoms with E-state index in [0.29, 0.717) is 38.6 Å². The van der Waals surface area contributed by atoms with E-state index in [0.717, 1.165) is 17.0 Å². The van der Waals surface area contributed by atoms with E-state index in [1.54, 1.807) is 0 Å². The van der Waals surface area contributed by atoms with E-state index in [4.69, 9.17) is 4.74 Å². The Morgan fingerprint density at radius 3 is 2.68 bits per heavy atom. The third-order valence-electron chi connectivity index (χ3n) is 4.19. The molecule has 1 atom stereocenters. The zero-order valence-electron chi connectivity index (χ0n) is 14.7. The number of carbonyl (C=O) groups is 1. The maximum atomic E-state index is 12.5. The molecular weight excluding hydrogens is 316 g/mol. The fourth-order valence-corrected chi connectivity index (χ4v) is 2.99. The Hall–Kier alpha value is -2.47. The van der Waals surface area contributed by atoms with Gasteiger partial charge in [-0.25, -0.2) is 9.97 Å². The van der Waals surface area contributed by atoms with E-state index in [1.807, 2.05) is 55.1 Å². The second-order valence-corrected chi connectivity index (χ2v) is 6.26. The third-order valence-corrected chi connectivity index (χ3v) is 4.19. The average molecular weight is 340 g/mol. The lowest BCUT2D eigenvalue weighted by Crippen LogP contribution is -2.42. The van der Waals surface area contributed by atoms with Crippen LogP contribution in [0.2, 0.25) is 0 Å². The van der Waals surface area contributed by atoms with Gasteiger partial charge in [-0.15, -0.1) is 0 Å². The lowest BCUT2D eigenvalue weighted by molar-refractivity contribution is -0.138. The van der Waals surface area contributed by atoms with Gasteiger partial charge >= 0.3 is 0 Å². The Bertz CT molecular complexity index is 700. The Balaban J connectivity index is 1.51. The predicted molar refractivity (Wildman–Crippen MR) is 96.3 cm³/mol. The minimum atomic E-state index is -0.0467. The van der Waals surface area contributed by atoms with E-state index >= 15 is 0 Å². The molecule has 0 radical (unpaired) electrons. The van der Waals surface area contributed by atoms with Gasteiger partial charge in [0.05, 0.1) is 13.2 Å². The largest absolute Gasteiger partial charge is 0.370 e. The van der Waals surface area contributed by atoms with Crippen LogP contribution in [0.3, 0.4) is 0 Å². The van der Waals surface area contributed by atoms with Crippen LogP contribution in [0, 0.1) is 13.8 Å². The molecule has 6 nitrogen and oxygen atoms in total. The molecule has 0 spiro atoms. The molecule has 132 valence electrons. The van der Waals surface area contributed by atoms with Crippen molar-refractivity contribution in [1.82, 2.24) is 14.9 Å². The molecule has 0 saturated carbocycles. The molecule has 1 aliphatic rings. The van der Waals surface area contributed by atoms with Gasteiger partial charge in [-0.2, -0.15) is 0 Å². The number of anilines is 1. The lowest BCUT2D eigenvalue weighted by Gasteiger charge is -2.33. The zero-order chi connectivity index (χ0) is 17.6. The fraction of sp³-hybridized carbons (Fsp3) is 0.421. The van der Waals surface area contributed by atoms with Gasteiger partial charge in [0.2, 0.25) is 11.9 Å². The van der Waals surface area contributed by atoms with Crippen LogP contribution in [0.4, 0.5) is 5.95 Å². The highest BCUT2D eigenvalue weighted by molar-refractivity contribution is 5.76. The molecule has 1 N–H and O–H groups in total. The smallest absolute Gasteiger partial charge is 0.224 e. The molecule has 6 heteroatoms. The van der Waals surface area contributed by atoms with Crippen LogP contribution in [0.1, 0.15) is 29.5 Å². The number of aryl methyl sites for hydroxylation is 2. The van der Waals surface area contributed by atoms with Crippen molar-refractivity contribution in [3.05, 3.63) is 53.3 Å². The number of aromatic nitrogens is 2. The van der Waals surface area contributed by atoms with Gasteiger partial charge in [0.25, 0.3) is 0 Å². The molecule has 1 saturated heterocycles. The molecule has 1 aliphatic heterocycles. The van der Waals surface area contributed by atoms with Gasteiger partial charge in [-0.3, -0.25) is 4.79 Å². The summed E-state index contributed by atoms with van der Waals surface area (Å²) >= 11 is 0. The molecule has 1 aromatic heterocycles. The average Bonchev–Trinajstić information content (AvgIpc) is 2.62. The van der Waals surface area contributed by atoms with Gasteiger partial charge in [-0.05, 0) is 25.5 Å². The zero-order valence-corrected chi connectivity index (χ0v) is 14.7. The third kappa shape index (κ3) is 4.76. The standard InChI is InChI=1S/C19H24N4O2/c1-14-12-15(2)22-19(21-14)20-9-8-18(24)23-10-11-25-17(13-23)16-6-4-3-5-7-16/h3-7,12,17H,8-11,13H2,1-2H3,(H,20,21,22). The van der Waals surface area contributed by atoms with Crippen molar-refractivity contribution in [1.29, 1.82) is 0 Å². The van der Waals surface area contributed by atoms with Crippen LogP contribution in [-0.2, 0) is 9.53 Å². The molecule has 3 rings (SSSR count). The van der Waals surface area contributed by atoms with Crippen molar-refractivity contribution in [2.75, 3.05) is 31.6 Å².